The van der Waals surface area contributed by atoms with Crippen molar-refractivity contribution in [2.45, 2.75) is 6.92 Å². The molecule has 0 amide bonds. The van der Waals surface area contributed by atoms with E-state index in [1.807, 2.05) is 6.08 Å². The van der Waals surface area contributed by atoms with Crippen LogP contribution < -0.4 is 4.90 Å². The number of para-hydroxylation sites is 2. The average Bonchev–Trinajstić information content (AvgIpc) is 3.24. The normalized spacial score (nSPS) is 11.1. The average molecular weight is 451 g/mol. The number of nitrogens with zero attached hydrogens (tertiary/aromatic N) is 2. The second-order valence-electron chi connectivity index (χ2n) is 8.86. The number of rotatable bonds is 5. The van der Waals surface area contributed by atoms with E-state index in [1.54, 1.807) is 0 Å². The number of anilines is 3. The molecule has 0 aliphatic carbocycles. The molecule has 5 aromatic carbocycles. The monoisotopic (exact) mass is 450 g/mol. The van der Waals surface area contributed by atoms with E-state index in [-0.39, 0.29) is 0 Å². The van der Waals surface area contributed by atoms with Gasteiger partial charge in [0.15, 0.2) is 0 Å². The summed E-state index contributed by atoms with van der Waals surface area (Å²) in [6.45, 7) is 6.12. The highest BCUT2D eigenvalue weighted by Gasteiger charge is 2.17. The predicted octanol–water partition coefficient (Wildman–Crippen LogP) is 9.20. The van der Waals surface area contributed by atoms with Crippen molar-refractivity contribution in [3.63, 3.8) is 0 Å². The van der Waals surface area contributed by atoms with Crippen LogP contribution in [0.5, 0.6) is 0 Å². The molecular formula is C33H26N2. The molecule has 0 unspecified atom stereocenters. The van der Waals surface area contributed by atoms with Crippen molar-refractivity contribution >= 4 is 44.9 Å². The summed E-state index contributed by atoms with van der Waals surface area (Å²) in [7, 11) is 0. The maximum absolute atomic E-state index is 4.00. The summed E-state index contributed by atoms with van der Waals surface area (Å²) in [6.07, 6.45) is 1.91. The van der Waals surface area contributed by atoms with Gasteiger partial charge in [-0.05, 0) is 79.2 Å². The summed E-state index contributed by atoms with van der Waals surface area (Å²) in [6, 6.07) is 43.2. The first-order chi connectivity index (χ1) is 17.2. The van der Waals surface area contributed by atoms with E-state index in [0.29, 0.717) is 0 Å². The predicted molar refractivity (Wildman–Crippen MR) is 150 cm³/mol. The van der Waals surface area contributed by atoms with E-state index in [4.69, 9.17) is 0 Å². The molecule has 0 atom stereocenters. The Balaban J connectivity index is 1.64. The molecule has 0 saturated heterocycles. The van der Waals surface area contributed by atoms with Crippen LogP contribution in [0.15, 0.2) is 128 Å². The van der Waals surface area contributed by atoms with Crippen LogP contribution in [0.4, 0.5) is 17.1 Å². The van der Waals surface area contributed by atoms with Gasteiger partial charge in [0, 0.05) is 33.5 Å². The third kappa shape index (κ3) is 3.70. The molecule has 0 bridgehead atoms. The van der Waals surface area contributed by atoms with Gasteiger partial charge in [0.1, 0.15) is 0 Å². The summed E-state index contributed by atoms with van der Waals surface area (Å²) in [5, 5.41) is 2.44. The minimum absolute atomic E-state index is 1.12. The third-order valence-electron chi connectivity index (χ3n) is 6.59. The first kappa shape index (κ1) is 21.0. The number of hydrogen-bond acceptors (Lipinski definition) is 1. The molecule has 1 heterocycles. The Hall–Kier alpha value is -4.56. The third-order valence-corrected chi connectivity index (χ3v) is 6.59. The van der Waals surface area contributed by atoms with Crippen LogP contribution in [0.25, 0.3) is 33.6 Å². The Labute approximate surface area is 206 Å². The highest BCUT2D eigenvalue weighted by atomic mass is 15.1. The van der Waals surface area contributed by atoms with Gasteiger partial charge in [-0.3, -0.25) is 0 Å². The van der Waals surface area contributed by atoms with E-state index in [1.165, 1.54) is 27.4 Å². The summed E-state index contributed by atoms with van der Waals surface area (Å²) in [5.74, 6) is 0. The minimum Gasteiger partial charge on any atom is -0.310 e. The molecule has 2 heteroatoms. The van der Waals surface area contributed by atoms with Crippen molar-refractivity contribution in [3.8, 4) is 5.69 Å². The Morgan fingerprint density at radius 2 is 1.17 bits per heavy atom. The second-order valence-corrected chi connectivity index (χ2v) is 8.86. The van der Waals surface area contributed by atoms with E-state index >= 15 is 0 Å². The topological polar surface area (TPSA) is 8.17 Å². The van der Waals surface area contributed by atoms with E-state index in [9.17, 15) is 0 Å². The second kappa shape index (κ2) is 8.66. The van der Waals surface area contributed by atoms with Crippen LogP contribution in [-0.4, -0.2) is 4.57 Å². The summed E-state index contributed by atoms with van der Waals surface area (Å²) in [4.78, 5) is 2.32. The molecule has 0 aliphatic heterocycles. The zero-order chi connectivity index (χ0) is 23.8. The summed E-state index contributed by atoms with van der Waals surface area (Å²) in [5.41, 5.74) is 9.31. The summed E-state index contributed by atoms with van der Waals surface area (Å²) < 4.78 is 2.35. The largest absolute Gasteiger partial charge is 0.310 e. The molecule has 0 aliphatic rings. The fourth-order valence-electron chi connectivity index (χ4n) is 4.87. The van der Waals surface area contributed by atoms with Crippen LogP contribution >= 0.6 is 0 Å². The van der Waals surface area contributed by atoms with Gasteiger partial charge in [0.05, 0.1) is 11.0 Å². The molecule has 1 aromatic heterocycles. The molecule has 35 heavy (non-hydrogen) atoms. The molecule has 6 aromatic rings. The van der Waals surface area contributed by atoms with E-state index < -0.39 is 0 Å². The van der Waals surface area contributed by atoms with Gasteiger partial charge in [0.25, 0.3) is 0 Å². The molecule has 0 radical (unpaired) electrons. The van der Waals surface area contributed by atoms with Crippen LogP contribution in [0.1, 0.15) is 11.1 Å². The lowest BCUT2D eigenvalue weighted by atomic mass is 10.1. The maximum atomic E-state index is 4.00. The highest BCUT2D eigenvalue weighted by molar-refractivity contribution is 6.11. The van der Waals surface area contributed by atoms with Crippen molar-refractivity contribution in [1.29, 1.82) is 0 Å². The van der Waals surface area contributed by atoms with Gasteiger partial charge in [-0.25, -0.2) is 0 Å². The number of aromatic nitrogens is 1. The van der Waals surface area contributed by atoms with Crippen LogP contribution in [-0.2, 0) is 0 Å². The smallest absolute Gasteiger partial charge is 0.0542 e. The zero-order valence-corrected chi connectivity index (χ0v) is 19.7. The zero-order valence-electron chi connectivity index (χ0n) is 19.7. The number of hydrogen-bond donors (Lipinski definition) is 0. The van der Waals surface area contributed by atoms with E-state index in [2.05, 4.69) is 144 Å². The SMILES string of the molecule is C=Cc1ccc2c(c1)c1cc(N(c3ccccc3)c3ccc(C)cc3)ccc1n2-c1ccccc1. The minimum atomic E-state index is 1.12. The first-order valence-electron chi connectivity index (χ1n) is 11.9. The van der Waals surface area contributed by atoms with Crippen molar-refractivity contribution < 1.29 is 0 Å². The fourth-order valence-corrected chi connectivity index (χ4v) is 4.87. The van der Waals surface area contributed by atoms with Crippen LogP contribution in [0, 0.1) is 6.92 Å². The van der Waals surface area contributed by atoms with Crippen molar-refractivity contribution in [1.82, 2.24) is 4.57 Å². The van der Waals surface area contributed by atoms with Crippen molar-refractivity contribution in [2.24, 2.45) is 0 Å². The summed E-state index contributed by atoms with van der Waals surface area (Å²) >= 11 is 0. The molecule has 0 saturated carbocycles. The Kier molecular flexibility index (Phi) is 5.20. The number of benzene rings is 5. The van der Waals surface area contributed by atoms with Crippen LogP contribution in [0.2, 0.25) is 0 Å². The maximum Gasteiger partial charge on any atom is 0.0542 e. The van der Waals surface area contributed by atoms with E-state index in [0.717, 1.165) is 28.3 Å². The number of fused-ring (bicyclic) bond motifs is 3. The lowest BCUT2D eigenvalue weighted by molar-refractivity contribution is 1.18. The Morgan fingerprint density at radius 3 is 1.86 bits per heavy atom. The molecule has 6 rings (SSSR count). The highest BCUT2D eigenvalue weighted by Crippen LogP contribution is 2.39. The van der Waals surface area contributed by atoms with Gasteiger partial charge >= 0.3 is 0 Å². The van der Waals surface area contributed by atoms with Gasteiger partial charge < -0.3 is 9.47 Å². The molecule has 0 spiro atoms. The lowest BCUT2D eigenvalue weighted by Gasteiger charge is -2.25. The molecule has 2 nitrogen and oxygen atoms in total. The Bertz CT molecular complexity index is 1640. The lowest BCUT2D eigenvalue weighted by Crippen LogP contribution is -2.09. The standard InChI is InChI=1S/C33H26N2/c1-3-25-16-20-32-30(22-25)31-23-29(19-21-33(31)35(32)27-12-8-5-9-13-27)34(26-10-6-4-7-11-26)28-17-14-24(2)15-18-28/h3-23H,1H2,2H3. The molecule has 0 fully saturated rings. The molecule has 168 valence electrons. The fraction of sp³-hybridized carbons (Fsp3) is 0.0303. The van der Waals surface area contributed by atoms with Crippen LogP contribution in [0.3, 0.4) is 0 Å². The molecule has 0 N–H and O–H groups in total. The van der Waals surface area contributed by atoms with Gasteiger partial charge in [-0.15, -0.1) is 0 Å². The van der Waals surface area contributed by atoms with Gasteiger partial charge in [-0.2, -0.15) is 0 Å². The van der Waals surface area contributed by atoms with Crippen molar-refractivity contribution in [3.05, 3.63) is 139 Å². The van der Waals surface area contributed by atoms with Gasteiger partial charge in [-0.1, -0.05) is 72.8 Å². The van der Waals surface area contributed by atoms with Crippen molar-refractivity contribution in [2.75, 3.05) is 4.90 Å². The molecular weight excluding hydrogens is 424 g/mol. The quantitative estimate of drug-likeness (QED) is 0.254. The first-order valence-corrected chi connectivity index (χ1v) is 11.9. The number of aryl methyl sites for hydroxylation is 1. The Morgan fingerprint density at radius 1 is 0.600 bits per heavy atom. The van der Waals surface area contributed by atoms with Gasteiger partial charge in [0.2, 0.25) is 0 Å².